The van der Waals surface area contributed by atoms with Crippen molar-refractivity contribution in [3.05, 3.63) is 0 Å². The number of aliphatic hydroxyl groups is 1. The highest BCUT2D eigenvalue weighted by atomic mass is 31.2. The Bertz CT molecular complexity index is 1860. The van der Waals surface area contributed by atoms with Crippen LogP contribution in [-0.2, 0) is 65.4 Å². The molecule has 0 fully saturated rings. The standard InChI is InChI=1S/C78H152O17P2/c1-6-9-12-15-18-21-23-25-27-29-30-32-34-38-43-48-53-58-63-77(82)95-74(68-89-76(81)62-57-52-47-42-37-33-31-28-26-24-22-19-16-13-10-7-2)70-93-97(86,87)91-66-72(79)65-90-96(84,85)92-69-73(67-88-75(80)61-56-51-46-40-20-17-14-11-8-3)94-78(83)64-59-54-49-44-39-35-36-41-45-50-55-60-71(4)5/h71-74,79H,6-70H2,1-5H3,(H,84,85)(H,86,87)/t72-,73+,74+/m0/s1. The normalized spacial score (nSPS) is 13.9. The lowest BCUT2D eigenvalue weighted by molar-refractivity contribution is -0.161. The van der Waals surface area contributed by atoms with Gasteiger partial charge in [0.2, 0.25) is 0 Å². The quantitative estimate of drug-likeness (QED) is 0.0222. The van der Waals surface area contributed by atoms with Crippen LogP contribution in [0.15, 0.2) is 0 Å². The van der Waals surface area contributed by atoms with Gasteiger partial charge in [0, 0.05) is 25.7 Å². The Kier molecular flexibility index (Phi) is 69.6. The van der Waals surface area contributed by atoms with Crippen LogP contribution in [0, 0.1) is 5.92 Å². The molecule has 19 heteroatoms. The fraction of sp³-hybridized carbons (Fsp3) is 0.949. The Morgan fingerprint density at radius 3 is 0.701 bits per heavy atom. The molecule has 0 radical (unpaired) electrons. The van der Waals surface area contributed by atoms with E-state index in [9.17, 15) is 43.2 Å². The number of hydrogen-bond donors (Lipinski definition) is 3. The maximum absolute atomic E-state index is 13.1. The van der Waals surface area contributed by atoms with E-state index in [-0.39, 0.29) is 25.7 Å². The second-order valence-corrected chi connectivity index (χ2v) is 31.5. The highest BCUT2D eigenvalue weighted by Crippen LogP contribution is 2.45. The minimum absolute atomic E-state index is 0.107. The molecule has 0 saturated carbocycles. The average molecular weight is 1420 g/mol. The molecule has 0 amide bonds. The zero-order valence-electron chi connectivity index (χ0n) is 63.2. The highest BCUT2D eigenvalue weighted by Gasteiger charge is 2.30. The minimum Gasteiger partial charge on any atom is -0.462 e. The van der Waals surface area contributed by atoms with Crippen molar-refractivity contribution in [2.75, 3.05) is 39.6 Å². The monoisotopic (exact) mass is 1420 g/mol. The lowest BCUT2D eigenvalue weighted by atomic mass is 10.0. The van der Waals surface area contributed by atoms with E-state index < -0.39 is 97.5 Å². The van der Waals surface area contributed by atoms with Gasteiger partial charge in [-0.3, -0.25) is 37.3 Å². The second-order valence-electron chi connectivity index (χ2n) is 28.6. The van der Waals surface area contributed by atoms with Crippen molar-refractivity contribution in [2.45, 2.75) is 432 Å². The van der Waals surface area contributed by atoms with E-state index in [1.165, 1.54) is 238 Å². The number of ether oxygens (including phenoxy) is 4. The van der Waals surface area contributed by atoms with Gasteiger partial charge in [-0.2, -0.15) is 0 Å². The molecule has 0 aromatic carbocycles. The van der Waals surface area contributed by atoms with Gasteiger partial charge in [0.05, 0.1) is 26.4 Å². The first-order valence-electron chi connectivity index (χ1n) is 40.6. The van der Waals surface area contributed by atoms with Crippen LogP contribution >= 0.6 is 15.6 Å². The molecule has 2 unspecified atom stereocenters. The van der Waals surface area contributed by atoms with Crippen LogP contribution in [0.25, 0.3) is 0 Å². The van der Waals surface area contributed by atoms with Crippen LogP contribution in [0.3, 0.4) is 0 Å². The summed E-state index contributed by atoms with van der Waals surface area (Å²) in [6.07, 6.45) is 61.0. The summed E-state index contributed by atoms with van der Waals surface area (Å²) in [6, 6.07) is 0. The molecule has 0 heterocycles. The molecule has 0 aliphatic carbocycles. The molecule has 17 nitrogen and oxygen atoms in total. The van der Waals surface area contributed by atoms with E-state index >= 15 is 0 Å². The molecule has 0 aromatic rings. The molecule has 0 aromatic heterocycles. The number of esters is 4. The molecule has 3 N–H and O–H groups in total. The summed E-state index contributed by atoms with van der Waals surface area (Å²) in [4.78, 5) is 72.9. The van der Waals surface area contributed by atoms with Crippen LogP contribution in [0.4, 0.5) is 0 Å². The number of carbonyl (C=O) groups is 4. The molecule has 0 aliphatic rings. The van der Waals surface area contributed by atoms with E-state index in [2.05, 4.69) is 34.6 Å². The average Bonchev–Trinajstić information content (AvgIpc) is 2.74. The van der Waals surface area contributed by atoms with Crippen molar-refractivity contribution in [1.82, 2.24) is 0 Å². The van der Waals surface area contributed by atoms with Gasteiger partial charge in [-0.1, -0.05) is 362 Å². The topological polar surface area (TPSA) is 237 Å². The third-order valence-electron chi connectivity index (χ3n) is 18.3. The molecular formula is C78H152O17P2. The van der Waals surface area contributed by atoms with Crippen LogP contribution < -0.4 is 0 Å². The Balaban J connectivity index is 5.23. The van der Waals surface area contributed by atoms with Gasteiger partial charge in [-0.25, -0.2) is 9.13 Å². The third kappa shape index (κ3) is 72.2. The van der Waals surface area contributed by atoms with Crippen molar-refractivity contribution in [1.29, 1.82) is 0 Å². The van der Waals surface area contributed by atoms with Gasteiger partial charge >= 0.3 is 39.5 Å². The molecule has 0 rings (SSSR count). The lowest BCUT2D eigenvalue weighted by Crippen LogP contribution is -2.30. The summed E-state index contributed by atoms with van der Waals surface area (Å²) < 4.78 is 68.6. The first kappa shape index (κ1) is 95.1. The van der Waals surface area contributed by atoms with Gasteiger partial charge in [-0.05, 0) is 31.6 Å². The molecule has 0 saturated heterocycles. The number of hydrogen-bond acceptors (Lipinski definition) is 15. The second kappa shape index (κ2) is 71.1. The summed E-state index contributed by atoms with van der Waals surface area (Å²) in [5, 5.41) is 10.6. The minimum atomic E-state index is -4.96. The number of carbonyl (C=O) groups excluding carboxylic acids is 4. The fourth-order valence-corrected chi connectivity index (χ4v) is 13.6. The molecule has 5 atom stereocenters. The predicted molar refractivity (Wildman–Crippen MR) is 395 cm³/mol. The summed E-state index contributed by atoms with van der Waals surface area (Å²) >= 11 is 0. The number of phosphoric acid groups is 2. The first-order chi connectivity index (χ1) is 47.0. The summed E-state index contributed by atoms with van der Waals surface area (Å²) in [7, 11) is -9.91. The van der Waals surface area contributed by atoms with Gasteiger partial charge < -0.3 is 33.8 Å². The number of phosphoric ester groups is 2. The van der Waals surface area contributed by atoms with Crippen LogP contribution in [-0.4, -0.2) is 96.7 Å². The van der Waals surface area contributed by atoms with E-state index in [4.69, 9.17) is 37.0 Å². The smallest absolute Gasteiger partial charge is 0.462 e. The molecular weight excluding hydrogens is 1270 g/mol. The largest absolute Gasteiger partial charge is 0.472 e. The van der Waals surface area contributed by atoms with Crippen molar-refractivity contribution in [3.63, 3.8) is 0 Å². The van der Waals surface area contributed by atoms with Gasteiger partial charge in [0.25, 0.3) is 0 Å². The van der Waals surface area contributed by atoms with Crippen LogP contribution in [0.1, 0.15) is 413 Å². The highest BCUT2D eigenvalue weighted by molar-refractivity contribution is 7.47. The first-order valence-corrected chi connectivity index (χ1v) is 43.6. The number of unbranched alkanes of at least 4 members (excludes halogenated alkanes) is 50. The summed E-state index contributed by atoms with van der Waals surface area (Å²) in [5.74, 6) is -1.35. The van der Waals surface area contributed by atoms with E-state index in [1.54, 1.807) is 0 Å². The third-order valence-corrected chi connectivity index (χ3v) is 20.2. The van der Waals surface area contributed by atoms with E-state index in [0.717, 1.165) is 95.8 Å². The van der Waals surface area contributed by atoms with Gasteiger partial charge in [-0.15, -0.1) is 0 Å². The SMILES string of the molecule is CCCCCCCCCCCCCCCCCCCCC(=O)O[C@H](COC(=O)CCCCCCCCCCCCCCCCCC)COP(=O)(O)OC[C@@H](O)COP(=O)(O)OC[C@@H](COC(=O)CCCCCCCCCCC)OC(=O)CCCCCCCCCCCCCC(C)C. The predicted octanol–water partition coefficient (Wildman–Crippen LogP) is 23.3. The number of aliphatic hydroxyl groups excluding tert-OH is 1. The van der Waals surface area contributed by atoms with Crippen molar-refractivity contribution in [3.8, 4) is 0 Å². The Morgan fingerprint density at radius 1 is 0.278 bits per heavy atom. The van der Waals surface area contributed by atoms with Crippen molar-refractivity contribution in [2.24, 2.45) is 5.92 Å². The zero-order valence-corrected chi connectivity index (χ0v) is 65.0. The van der Waals surface area contributed by atoms with Crippen molar-refractivity contribution < 1.29 is 80.2 Å². The summed E-state index contributed by atoms with van der Waals surface area (Å²) in [6.45, 7) is 7.30. The zero-order chi connectivity index (χ0) is 71.2. The lowest BCUT2D eigenvalue weighted by Gasteiger charge is -2.21. The maximum atomic E-state index is 13.1. The Morgan fingerprint density at radius 2 is 0.474 bits per heavy atom. The number of rotatable bonds is 78. The molecule has 0 bridgehead atoms. The van der Waals surface area contributed by atoms with E-state index in [1.807, 2.05) is 0 Å². The molecule has 0 spiro atoms. The maximum Gasteiger partial charge on any atom is 0.472 e. The van der Waals surface area contributed by atoms with Gasteiger partial charge in [0.1, 0.15) is 19.3 Å². The van der Waals surface area contributed by atoms with Crippen LogP contribution in [0.2, 0.25) is 0 Å². The van der Waals surface area contributed by atoms with Gasteiger partial charge in [0.15, 0.2) is 12.2 Å². The summed E-state index contributed by atoms with van der Waals surface area (Å²) in [5.41, 5.74) is 0. The Hall–Kier alpha value is -1.94. The molecule has 576 valence electrons. The fourth-order valence-electron chi connectivity index (χ4n) is 12.1. The van der Waals surface area contributed by atoms with E-state index in [0.29, 0.717) is 25.7 Å². The Labute approximate surface area is 594 Å². The molecule has 97 heavy (non-hydrogen) atoms. The van der Waals surface area contributed by atoms with Crippen molar-refractivity contribution >= 4 is 39.5 Å². The van der Waals surface area contributed by atoms with Crippen LogP contribution in [0.5, 0.6) is 0 Å². The molecule has 0 aliphatic heterocycles.